The Morgan fingerprint density at radius 3 is 2.55 bits per heavy atom. The van der Waals surface area contributed by atoms with E-state index in [1.54, 1.807) is 0 Å². The van der Waals surface area contributed by atoms with Gasteiger partial charge in [-0.05, 0) is 36.7 Å². The highest BCUT2D eigenvalue weighted by molar-refractivity contribution is 7.80. The molecule has 1 aliphatic carbocycles. The Hall–Kier alpha value is -1.42. The maximum Gasteiger partial charge on any atom is 0.226 e. The first-order chi connectivity index (χ1) is 9.74. The molecule has 3 nitrogen and oxygen atoms in total. The number of hydrogen-bond acceptors (Lipinski definition) is 2. The van der Waals surface area contributed by atoms with E-state index in [0.717, 1.165) is 18.0 Å². The Balaban J connectivity index is 1.67. The fraction of sp³-hybridized carbons (Fsp3) is 0.500. The molecular weight excluding hydrogens is 268 g/mol. The number of para-hydroxylation sites is 1. The first-order valence-electron chi connectivity index (χ1n) is 7.40. The Morgan fingerprint density at radius 1 is 1.15 bits per heavy atom. The monoisotopic (exact) mass is 290 g/mol. The largest absolute Gasteiger partial charge is 0.332 e. The quantitative estimate of drug-likeness (QED) is 0.827. The van der Waals surface area contributed by atoms with Gasteiger partial charge in [0.2, 0.25) is 5.91 Å². The Labute approximate surface area is 126 Å². The molecule has 0 atom stereocenters. The van der Waals surface area contributed by atoms with Gasteiger partial charge in [0, 0.05) is 12.1 Å². The maximum atomic E-state index is 11.8. The summed E-state index contributed by atoms with van der Waals surface area (Å²) in [6.07, 6.45) is 8.11. The van der Waals surface area contributed by atoms with E-state index < -0.39 is 0 Å². The smallest absolute Gasteiger partial charge is 0.226 e. The zero-order valence-electron chi connectivity index (χ0n) is 11.7. The van der Waals surface area contributed by atoms with Crippen molar-refractivity contribution in [2.75, 3.05) is 5.32 Å². The summed E-state index contributed by atoms with van der Waals surface area (Å²) in [5, 5.41) is 6.14. The second-order valence-electron chi connectivity index (χ2n) is 5.41. The van der Waals surface area contributed by atoms with Crippen molar-refractivity contribution in [3.05, 3.63) is 30.3 Å². The highest BCUT2D eigenvalue weighted by atomic mass is 32.1. The molecule has 1 amide bonds. The van der Waals surface area contributed by atoms with E-state index in [0.29, 0.717) is 11.5 Å². The molecule has 0 bridgehead atoms. The standard InChI is InChI=1S/C16H22N2OS/c19-15(12-11-13-7-3-1-4-8-13)18-16(20)17-14-9-5-2-6-10-14/h2,5-6,9-10,13H,1,3-4,7-8,11-12H2,(H2,17,18,19,20). The molecule has 1 aliphatic rings. The van der Waals surface area contributed by atoms with Crippen LogP contribution in [0.4, 0.5) is 5.69 Å². The summed E-state index contributed by atoms with van der Waals surface area (Å²) in [7, 11) is 0. The van der Waals surface area contributed by atoms with Crippen LogP contribution in [0.5, 0.6) is 0 Å². The average Bonchev–Trinajstić information content (AvgIpc) is 2.47. The van der Waals surface area contributed by atoms with Crippen molar-refractivity contribution in [2.45, 2.75) is 44.9 Å². The molecule has 2 rings (SSSR count). The zero-order valence-corrected chi connectivity index (χ0v) is 12.5. The molecule has 1 aromatic rings. The van der Waals surface area contributed by atoms with Crippen molar-refractivity contribution < 1.29 is 4.79 Å². The van der Waals surface area contributed by atoms with Gasteiger partial charge in [-0.15, -0.1) is 0 Å². The van der Waals surface area contributed by atoms with E-state index >= 15 is 0 Å². The van der Waals surface area contributed by atoms with Gasteiger partial charge in [-0.2, -0.15) is 0 Å². The number of carbonyl (C=O) groups excluding carboxylic acids is 1. The van der Waals surface area contributed by atoms with Crippen molar-refractivity contribution in [3.8, 4) is 0 Å². The molecule has 4 heteroatoms. The maximum absolute atomic E-state index is 11.8. The van der Waals surface area contributed by atoms with Crippen molar-refractivity contribution >= 4 is 28.9 Å². The summed E-state index contributed by atoms with van der Waals surface area (Å²) in [6.45, 7) is 0. The van der Waals surface area contributed by atoms with Crippen LogP contribution in [-0.2, 0) is 4.79 Å². The second-order valence-corrected chi connectivity index (χ2v) is 5.82. The number of anilines is 1. The lowest BCUT2D eigenvalue weighted by Gasteiger charge is -2.21. The molecular formula is C16H22N2OS. The molecule has 0 aliphatic heterocycles. The van der Waals surface area contributed by atoms with Gasteiger partial charge in [-0.3, -0.25) is 4.79 Å². The molecule has 1 fully saturated rings. The third kappa shape index (κ3) is 5.29. The number of nitrogens with one attached hydrogen (secondary N) is 2. The summed E-state index contributed by atoms with van der Waals surface area (Å²) in [6, 6.07) is 9.63. The SMILES string of the molecule is O=C(CCC1CCCCC1)NC(=S)Nc1ccccc1. The van der Waals surface area contributed by atoms with Crippen molar-refractivity contribution in [2.24, 2.45) is 5.92 Å². The fourth-order valence-electron chi connectivity index (χ4n) is 2.68. The van der Waals surface area contributed by atoms with Gasteiger partial charge in [-0.1, -0.05) is 50.3 Å². The van der Waals surface area contributed by atoms with Crippen LogP contribution in [0.1, 0.15) is 44.9 Å². The zero-order chi connectivity index (χ0) is 14.2. The topological polar surface area (TPSA) is 41.1 Å². The van der Waals surface area contributed by atoms with Gasteiger partial charge in [0.05, 0.1) is 0 Å². The first-order valence-corrected chi connectivity index (χ1v) is 7.81. The third-order valence-corrected chi connectivity index (χ3v) is 3.99. The fourth-order valence-corrected chi connectivity index (χ4v) is 2.92. The van der Waals surface area contributed by atoms with Crippen molar-refractivity contribution in [1.82, 2.24) is 5.32 Å². The minimum Gasteiger partial charge on any atom is -0.332 e. The van der Waals surface area contributed by atoms with Crippen LogP contribution in [0.15, 0.2) is 30.3 Å². The summed E-state index contributed by atoms with van der Waals surface area (Å²) in [4.78, 5) is 11.8. The van der Waals surface area contributed by atoms with Crippen LogP contribution < -0.4 is 10.6 Å². The molecule has 0 heterocycles. The highest BCUT2D eigenvalue weighted by Gasteiger charge is 2.15. The predicted octanol–water partition coefficient (Wildman–Crippen LogP) is 3.86. The summed E-state index contributed by atoms with van der Waals surface area (Å²) in [5.41, 5.74) is 0.894. The van der Waals surface area contributed by atoms with Gasteiger partial charge in [0.25, 0.3) is 0 Å². The number of thiocarbonyl (C=S) groups is 1. The lowest BCUT2D eigenvalue weighted by atomic mass is 9.86. The molecule has 1 aromatic carbocycles. The molecule has 108 valence electrons. The minimum absolute atomic E-state index is 0.0176. The summed E-state index contributed by atoms with van der Waals surface area (Å²) in [5.74, 6) is 0.745. The van der Waals surface area contributed by atoms with E-state index in [9.17, 15) is 4.79 Å². The molecule has 0 unspecified atom stereocenters. The lowest BCUT2D eigenvalue weighted by Crippen LogP contribution is -2.34. The molecule has 1 saturated carbocycles. The van der Waals surface area contributed by atoms with Crippen LogP contribution >= 0.6 is 12.2 Å². The van der Waals surface area contributed by atoms with Gasteiger partial charge in [-0.25, -0.2) is 0 Å². The molecule has 0 radical (unpaired) electrons. The highest BCUT2D eigenvalue weighted by Crippen LogP contribution is 2.27. The second kappa shape index (κ2) is 8.00. The molecule has 0 spiro atoms. The minimum atomic E-state index is 0.0176. The molecule has 2 N–H and O–H groups in total. The van der Waals surface area contributed by atoms with Crippen LogP contribution in [0.25, 0.3) is 0 Å². The van der Waals surface area contributed by atoms with Crippen LogP contribution in [-0.4, -0.2) is 11.0 Å². The summed E-state index contributed by atoms with van der Waals surface area (Å²) >= 11 is 5.14. The molecule has 20 heavy (non-hydrogen) atoms. The first kappa shape index (κ1) is 15.0. The van der Waals surface area contributed by atoms with Gasteiger partial charge < -0.3 is 10.6 Å². The van der Waals surface area contributed by atoms with Gasteiger partial charge in [0.15, 0.2) is 5.11 Å². The Kier molecular flexibility index (Phi) is 5.99. The normalized spacial score (nSPS) is 15.6. The van der Waals surface area contributed by atoms with Crippen LogP contribution in [0.2, 0.25) is 0 Å². The Morgan fingerprint density at radius 2 is 1.85 bits per heavy atom. The molecule has 0 aromatic heterocycles. The number of carbonyl (C=O) groups is 1. The van der Waals surface area contributed by atoms with E-state index in [-0.39, 0.29) is 5.91 Å². The molecule has 0 saturated heterocycles. The van der Waals surface area contributed by atoms with E-state index in [2.05, 4.69) is 10.6 Å². The third-order valence-electron chi connectivity index (χ3n) is 3.79. The van der Waals surface area contributed by atoms with Gasteiger partial charge in [0.1, 0.15) is 0 Å². The number of benzene rings is 1. The Bertz CT molecular complexity index is 441. The predicted molar refractivity (Wildman–Crippen MR) is 86.6 cm³/mol. The van der Waals surface area contributed by atoms with Crippen LogP contribution in [0.3, 0.4) is 0 Å². The van der Waals surface area contributed by atoms with E-state index in [4.69, 9.17) is 12.2 Å². The summed E-state index contributed by atoms with van der Waals surface area (Å²) < 4.78 is 0. The van der Waals surface area contributed by atoms with E-state index in [1.165, 1.54) is 32.1 Å². The van der Waals surface area contributed by atoms with Crippen LogP contribution in [0, 0.1) is 5.92 Å². The van der Waals surface area contributed by atoms with Crippen molar-refractivity contribution in [3.63, 3.8) is 0 Å². The average molecular weight is 290 g/mol. The van der Waals surface area contributed by atoms with E-state index in [1.807, 2.05) is 30.3 Å². The van der Waals surface area contributed by atoms with Crippen molar-refractivity contribution in [1.29, 1.82) is 0 Å². The van der Waals surface area contributed by atoms with Gasteiger partial charge >= 0.3 is 0 Å². The lowest BCUT2D eigenvalue weighted by molar-refractivity contribution is -0.120. The number of rotatable bonds is 4. The number of amides is 1. The number of hydrogen-bond donors (Lipinski definition) is 2.